The van der Waals surface area contributed by atoms with Crippen molar-refractivity contribution in [2.75, 3.05) is 0 Å². The third-order valence-electron chi connectivity index (χ3n) is 3.39. The molecule has 21 heavy (non-hydrogen) atoms. The van der Waals surface area contributed by atoms with Crippen LogP contribution in [0.3, 0.4) is 0 Å². The van der Waals surface area contributed by atoms with Crippen molar-refractivity contribution in [3.63, 3.8) is 0 Å². The molecule has 3 heteroatoms. The Morgan fingerprint density at radius 1 is 1.05 bits per heavy atom. The SMILES string of the molecule is Cc1ccc(Oc2ccc(CN)cc2Br)c(C(C)(C)C)c1. The summed E-state index contributed by atoms with van der Waals surface area (Å²) in [6, 6.07) is 12.3. The van der Waals surface area contributed by atoms with Crippen molar-refractivity contribution in [2.45, 2.75) is 39.7 Å². The molecule has 112 valence electrons. The second-order valence-electron chi connectivity index (χ2n) is 6.32. The molecule has 0 spiro atoms. The first-order chi connectivity index (χ1) is 9.81. The van der Waals surface area contributed by atoms with E-state index >= 15 is 0 Å². The van der Waals surface area contributed by atoms with E-state index in [1.165, 1.54) is 11.1 Å². The molecule has 0 heterocycles. The predicted molar refractivity (Wildman–Crippen MR) is 92.0 cm³/mol. The summed E-state index contributed by atoms with van der Waals surface area (Å²) >= 11 is 3.55. The summed E-state index contributed by atoms with van der Waals surface area (Å²) < 4.78 is 7.06. The van der Waals surface area contributed by atoms with E-state index in [0.29, 0.717) is 6.54 Å². The van der Waals surface area contributed by atoms with Crippen LogP contribution < -0.4 is 10.5 Å². The first-order valence-corrected chi connectivity index (χ1v) is 7.88. The predicted octanol–water partition coefficient (Wildman–Crippen LogP) is 5.31. The lowest BCUT2D eigenvalue weighted by molar-refractivity contribution is 0.452. The second kappa shape index (κ2) is 6.20. The van der Waals surface area contributed by atoms with Crippen molar-refractivity contribution < 1.29 is 4.74 Å². The van der Waals surface area contributed by atoms with E-state index < -0.39 is 0 Å². The molecule has 0 amide bonds. The molecule has 0 aromatic heterocycles. The van der Waals surface area contributed by atoms with Crippen molar-refractivity contribution in [1.82, 2.24) is 0 Å². The van der Waals surface area contributed by atoms with Crippen LogP contribution in [0.2, 0.25) is 0 Å². The molecule has 0 radical (unpaired) electrons. The summed E-state index contributed by atoms with van der Waals surface area (Å²) in [5.41, 5.74) is 9.21. The van der Waals surface area contributed by atoms with Gasteiger partial charge in [-0.2, -0.15) is 0 Å². The summed E-state index contributed by atoms with van der Waals surface area (Å²) in [6.07, 6.45) is 0. The van der Waals surface area contributed by atoms with Crippen LogP contribution in [0.25, 0.3) is 0 Å². The van der Waals surface area contributed by atoms with Crippen LogP contribution in [0.1, 0.15) is 37.5 Å². The van der Waals surface area contributed by atoms with Gasteiger partial charge < -0.3 is 10.5 Å². The largest absolute Gasteiger partial charge is 0.456 e. The Labute approximate surface area is 135 Å². The molecule has 2 N–H and O–H groups in total. The lowest BCUT2D eigenvalue weighted by Gasteiger charge is -2.23. The fourth-order valence-corrected chi connectivity index (χ4v) is 2.70. The van der Waals surface area contributed by atoms with Gasteiger partial charge in [-0.15, -0.1) is 0 Å². The summed E-state index contributed by atoms with van der Waals surface area (Å²) in [4.78, 5) is 0. The normalized spacial score (nSPS) is 11.5. The van der Waals surface area contributed by atoms with Crippen molar-refractivity contribution >= 4 is 15.9 Å². The van der Waals surface area contributed by atoms with Crippen molar-refractivity contribution in [1.29, 1.82) is 0 Å². The molecular weight excluding hydrogens is 326 g/mol. The van der Waals surface area contributed by atoms with Crippen molar-refractivity contribution in [3.05, 3.63) is 57.6 Å². The van der Waals surface area contributed by atoms with Crippen LogP contribution >= 0.6 is 15.9 Å². The van der Waals surface area contributed by atoms with Gasteiger partial charge in [-0.05, 0) is 52.0 Å². The van der Waals surface area contributed by atoms with E-state index in [-0.39, 0.29) is 5.41 Å². The summed E-state index contributed by atoms with van der Waals surface area (Å²) in [5.74, 6) is 1.70. The summed E-state index contributed by atoms with van der Waals surface area (Å²) in [7, 11) is 0. The molecule has 0 aliphatic carbocycles. The van der Waals surface area contributed by atoms with Crippen LogP contribution in [-0.4, -0.2) is 0 Å². The van der Waals surface area contributed by atoms with E-state index in [9.17, 15) is 0 Å². The lowest BCUT2D eigenvalue weighted by Crippen LogP contribution is -2.13. The van der Waals surface area contributed by atoms with Gasteiger partial charge in [0.05, 0.1) is 4.47 Å². The van der Waals surface area contributed by atoms with Gasteiger partial charge in [0.25, 0.3) is 0 Å². The molecule has 0 aliphatic rings. The molecule has 0 unspecified atom stereocenters. The average Bonchev–Trinajstić information content (AvgIpc) is 2.41. The Morgan fingerprint density at radius 3 is 2.29 bits per heavy atom. The fourth-order valence-electron chi connectivity index (χ4n) is 2.19. The molecule has 2 aromatic carbocycles. The standard InChI is InChI=1S/C18H22BrNO/c1-12-5-7-16(14(9-12)18(2,3)4)21-17-8-6-13(11-20)10-15(17)19/h5-10H,11,20H2,1-4H3. The molecule has 0 saturated carbocycles. The topological polar surface area (TPSA) is 35.2 Å². The molecular formula is C18H22BrNO. The van der Waals surface area contributed by atoms with E-state index in [1.807, 2.05) is 24.3 Å². The van der Waals surface area contributed by atoms with Crippen molar-refractivity contribution in [2.24, 2.45) is 5.73 Å². The maximum absolute atomic E-state index is 6.13. The van der Waals surface area contributed by atoms with Crippen LogP contribution in [0, 0.1) is 6.92 Å². The van der Waals surface area contributed by atoms with Crippen LogP contribution in [0.4, 0.5) is 0 Å². The minimum Gasteiger partial charge on any atom is -0.456 e. The number of hydrogen-bond acceptors (Lipinski definition) is 2. The van der Waals surface area contributed by atoms with Crippen LogP contribution in [0.5, 0.6) is 11.5 Å². The number of nitrogens with two attached hydrogens (primary N) is 1. The fraction of sp³-hybridized carbons (Fsp3) is 0.333. The Balaban J connectivity index is 2.40. The van der Waals surface area contributed by atoms with Gasteiger partial charge in [0.1, 0.15) is 11.5 Å². The van der Waals surface area contributed by atoms with E-state index in [1.54, 1.807) is 0 Å². The zero-order chi connectivity index (χ0) is 15.6. The molecule has 0 aliphatic heterocycles. The third kappa shape index (κ3) is 3.86. The zero-order valence-electron chi connectivity index (χ0n) is 13.0. The number of hydrogen-bond donors (Lipinski definition) is 1. The monoisotopic (exact) mass is 347 g/mol. The minimum atomic E-state index is 0.0328. The minimum absolute atomic E-state index is 0.0328. The molecule has 0 fully saturated rings. The number of aryl methyl sites for hydroxylation is 1. The Bertz CT molecular complexity index is 644. The van der Waals surface area contributed by atoms with Crippen LogP contribution in [0.15, 0.2) is 40.9 Å². The average molecular weight is 348 g/mol. The molecule has 0 saturated heterocycles. The second-order valence-corrected chi connectivity index (χ2v) is 7.17. The van der Waals surface area contributed by atoms with E-state index in [0.717, 1.165) is 21.5 Å². The smallest absolute Gasteiger partial charge is 0.141 e. The first kappa shape index (κ1) is 16.1. The van der Waals surface area contributed by atoms with Gasteiger partial charge in [0.15, 0.2) is 0 Å². The summed E-state index contributed by atoms with van der Waals surface area (Å²) in [6.45, 7) is 9.21. The van der Waals surface area contributed by atoms with Gasteiger partial charge in [-0.3, -0.25) is 0 Å². The highest BCUT2D eigenvalue weighted by Crippen LogP contribution is 2.37. The van der Waals surface area contributed by atoms with Crippen molar-refractivity contribution in [3.8, 4) is 11.5 Å². The van der Waals surface area contributed by atoms with E-state index in [2.05, 4.69) is 55.8 Å². The van der Waals surface area contributed by atoms with Gasteiger partial charge >= 0.3 is 0 Å². The van der Waals surface area contributed by atoms with Gasteiger partial charge in [0.2, 0.25) is 0 Å². The number of benzene rings is 2. The molecule has 2 aromatic rings. The van der Waals surface area contributed by atoms with Gasteiger partial charge in [0, 0.05) is 12.1 Å². The Morgan fingerprint density at radius 2 is 1.71 bits per heavy atom. The van der Waals surface area contributed by atoms with E-state index in [4.69, 9.17) is 10.5 Å². The zero-order valence-corrected chi connectivity index (χ0v) is 14.6. The summed E-state index contributed by atoms with van der Waals surface area (Å²) in [5, 5.41) is 0. The quantitative estimate of drug-likeness (QED) is 0.816. The lowest BCUT2D eigenvalue weighted by atomic mass is 9.85. The highest BCUT2D eigenvalue weighted by Gasteiger charge is 2.20. The number of halogens is 1. The molecule has 0 bridgehead atoms. The molecule has 0 atom stereocenters. The molecule has 2 nitrogen and oxygen atoms in total. The number of rotatable bonds is 3. The Hall–Kier alpha value is -1.32. The Kier molecular flexibility index (Phi) is 4.74. The highest BCUT2D eigenvalue weighted by molar-refractivity contribution is 9.10. The van der Waals surface area contributed by atoms with Gasteiger partial charge in [-0.1, -0.05) is 44.5 Å². The first-order valence-electron chi connectivity index (χ1n) is 7.09. The van der Waals surface area contributed by atoms with Crippen LogP contribution in [-0.2, 0) is 12.0 Å². The maximum atomic E-state index is 6.13. The van der Waals surface area contributed by atoms with Gasteiger partial charge in [-0.25, -0.2) is 0 Å². The number of ether oxygens (including phenoxy) is 1. The maximum Gasteiger partial charge on any atom is 0.141 e. The third-order valence-corrected chi connectivity index (χ3v) is 4.01. The highest BCUT2D eigenvalue weighted by atomic mass is 79.9. The molecule has 2 rings (SSSR count).